The number of aromatic amines is 2. The Balaban J connectivity index is 0.00000169. The average Bonchev–Trinajstić information content (AvgIpc) is 3.08. The molecule has 0 bridgehead atoms. The van der Waals surface area contributed by atoms with Crippen molar-refractivity contribution in [3.05, 3.63) is 52.4 Å². The summed E-state index contributed by atoms with van der Waals surface area (Å²) >= 11 is 0. The molecule has 124 valence electrons. The number of nitrogens with one attached hydrogen (secondary N) is 3. The maximum absolute atomic E-state index is 12.5. The predicted octanol–water partition coefficient (Wildman–Crippen LogP) is 2.45. The number of carbonyl (C=O) groups is 1. The summed E-state index contributed by atoms with van der Waals surface area (Å²) in [7, 11) is 0. The number of nitrogens with zero attached hydrogens (tertiary/aromatic N) is 1. The molecule has 1 aliphatic heterocycles. The Labute approximate surface area is 143 Å². The number of rotatable bonds is 1. The number of hydrogen-bond acceptors (Lipinski definition) is 3. The van der Waals surface area contributed by atoms with E-state index in [1.807, 2.05) is 12.1 Å². The van der Waals surface area contributed by atoms with Crippen LogP contribution in [0.15, 0.2) is 41.2 Å². The summed E-state index contributed by atoms with van der Waals surface area (Å²) in [5.74, 6) is 0. The van der Waals surface area contributed by atoms with E-state index in [-0.39, 0.29) is 24.1 Å². The first kappa shape index (κ1) is 15.9. The van der Waals surface area contributed by atoms with Gasteiger partial charge in [0.15, 0.2) is 0 Å². The minimum Gasteiger partial charge on any atom is -0.399 e. The van der Waals surface area contributed by atoms with E-state index in [1.165, 1.54) is 0 Å². The minimum atomic E-state index is -0.269. The number of urea groups is 1. The van der Waals surface area contributed by atoms with Gasteiger partial charge in [0.05, 0.1) is 11.0 Å². The zero-order valence-electron chi connectivity index (χ0n) is 12.6. The Hall–Kier alpha value is -2.93. The van der Waals surface area contributed by atoms with Crippen molar-refractivity contribution in [3.8, 4) is 0 Å². The van der Waals surface area contributed by atoms with Crippen LogP contribution in [-0.4, -0.2) is 22.5 Å². The maximum Gasteiger partial charge on any atom is 0.326 e. The summed E-state index contributed by atoms with van der Waals surface area (Å²) in [6.07, 6.45) is 0.790. The number of halogens is 1. The van der Waals surface area contributed by atoms with Gasteiger partial charge in [0.25, 0.3) is 0 Å². The molecule has 4 rings (SSSR count). The van der Waals surface area contributed by atoms with E-state index in [0.29, 0.717) is 29.0 Å². The lowest BCUT2D eigenvalue weighted by atomic mass is 10.1. The molecule has 0 saturated carbocycles. The number of carbonyl (C=O) groups excluding carboxylic acids is 1. The van der Waals surface area contributed by atoms with Crippen LogP contribution in [0.2, 0.25) is 0 Å². The van der Waals surface area contributed by atoms with Crippen molar-refractivity contribution in [3.63, 3.8) is 0 Å². The minimum absolute atomic E-state index is 0. The lowest BCUT2D eigenvalue weighted by Crippen LogP contribution is -2.33. The van der Waals surface area contributed by atoms with Crippen LogP contribution in [-0.2, 0) is 6.42 Å². The Morgan fingerprint density at radius 3 is 2.75 bits per heavy atom. The summed E-state index contributed by atoms with van der Waals surface area (Å²) < 4.78 is 0. The number of H-pyrrole nitrogens is 2. The van der Waals surface area contributed by atoms with E-state index in [9.17, 15) is 9.59 Å². The highest BCUT2D eigenvalue weighted by Crippen LogP contribution is 2.30. The fourth-order valence-corrected chi connectivity index (χ4v) is 2.93. The van der Waals surface area contributed by atoms with Gasteiger partial charge in [0.1, 0.15) is 0 Å². The van der Waals surface area contributed by atoms with Gasteiger partial charge in [-0.3, -0.25) is 4.90 Å². The Morgan fingerprint density at radius 1 is 1.12 bits per heavy atom. The van der Waals surface area contributed by atoms with Crippen LogP contribution in [0.4, 0.5) is 21.9 Å². The van der Waals surface area contributed by atoms with Gasteiger partial charge < -0.3 is 21.0 Å². The molecule has 1 aliphatic rings. The van der Waals surface area contributed by atoms with Crippen molar-refractivity contribution < 1.29 is 4.79 Å². The quantitative estimate of drug-likeness (QED) is 0.509. The first-order chi connectivity index (χ1) is 11.1. The van der Waals surface area contributed by atoms with Crippen LogP contribution in [0.1, 0.15) is 5.56 Å². The zero-order chi connectivity index (χ0) is 16.0. The first-order valence-corrected chi connectivity index (χ1v) is 7.29. The number of nitrogens with two attached hydrogens (primary N) is 1. The third-order valence-electron chi connectivity index (χ3n) is 4.01. The Morgan fingerprint density at radius 2 is 1.92 bits per heavy atom. The second-order valence-corrected chi connectivity index (χ2v) is 5.56. The smallest absolute Gasteiger partial charge is 0.326 e. The highest BCUT2D eigenvalue weighted by atomic mass is 35.5. The van der Waals surface area contributed by atoms with Crippen LogP contribution in [0.5, 0.6) is 0 Å². The highest BCUT2D eigenvalue weighted by molar-refractivity contribution is 6.04. The summed E-state index contributed by atoms with van der Waals surface area (Å²) in [5.41, 5.74) is 10.2. The van der Waals surface area contributed by atoms with Gasteiger partial charge in [-0.1, -0.05) is 0 Å². The first-order valence-electron chi connectivity index (χ1n) is 7.29. The summed E-state index contributed by atoms with van der Waals surface area (Å²) in [5, 5.41) is 2.86. The van der Waals surface area contributed by atoms with E-state index in [2.05, 4.69) is 15.3 Å². The second kappa shape index (κ2) is 5.93. The average molecular weight is 346 g/mol. The Kier molecular flexibility index (Phi) is 3.94. The molecule has 0 radical (unpaired) electrons. The topological polar surface area (TPSA) is 107 Å². The molecule has 0 fully saturated rings. The molecule has 3 aromatic rings. The number of hydrogen-bond donors (Lipinski definition) is 4. The fourth-order valence-electron chi connectivity index (χ4n) is 2.93. The molecule has 0 atom stereocenters. The van der Waals surface area contributed by atoms with Crippen molar-refractivity contribution in [2.24, 2.45) is 0 Å². The number of amides is 2. The number of anilines is 3. The normalized spacial score (nSPS) is 12.8. The second-order valence-electron chi connectivity index (χ2n) is 5.56. The van der Waals surface area contributed by atoms with E-state index in [4.69, 9.17) is 5.73 Å². The van der Waals surface area contributed by atoms with Crippen molar-refractivity contribution >= 4 is 46.5 Å². The molecule has 7 nitrogen and oxygen atoms in total. The molecule has 8 heteroatoms. The highest BCUT2D eigenvalue weighted by Gasteiger charge is 2.24. The van der Waals surface area contributed by atoms with Crippen LogP contribution in [0, 0.1) is 0 Å². The molecule has 0 spiro atoms. The molecule has 0 saturated heterocycles. The SMILES string of the molecule is Cl.Nc1ccc2c(c1)CCN2C(=O)Nc1ccc2[nH]c(=O)[nH]c2c1. The lowest BCUT2D eigenvalue weighted by molar-refractivity contribution is 0.257. The summed E-state index contributed by atoms with van der Waals surface area (Å²) in [6.45, 7) is 0.619. The van der Waals surface area contributed by atoms with E-state index in [0.717, 1.165) is 17.7 Å². The Bertz CT molecular complexity index is 978. The molecule has 5 N–H and O–H groups in total. The number of fused-ring (bicyclic) bond motifs is 2. The number of nitrogen functional groups attached to an aromatic ring is 1. The largest absolute Gasteiger partial charge is 0.399 e. The number of imidazole rings is 1. The van der Waals surface area contributed by atoms with Crippen LogP contribution < -0.4 is 21.6 Å². The van der Waals surface area contributed by atoms with Crippen LogP contribution in [0.3, 0.4) is 0 Å². The lowest BCUT2D eigenvalue weighted by Gasteiger charge is -2.18. The van der Waals surface area contributed by atoms with Gasteiger partial charge in [0, 0.05) is 23.6 Å². The molecular weight excluding hydrogens is 330 g/mol. The zero-order valence-corrected chi connectivity index (χ0v) is 13.4. The van der Waals surface area contributed by atoms with Crippen molar-refractivity contribution in [1.29, 1.82) is 0 Å². The third-order valence-corrected chi connectivity index (χ3v) is 4.01. The molecular formula is C16H16ClN5O2. The van der Waals surface area contributed by atoms with Gasteiger partial charge in [-0.15, -0.1) is 12.4 Å². The van der Waals surface area contributed by atoms with E-state index >= 15 is 0 Å². The van der Waals surface area contributed by atoms with Crippen LogP contribution in [0.25, 0.3) is 11.0 Å². The molecule has 2 heterocycles. The van der Waals surface area contributed by atoms with Gasteiger partial charge in [-0.25, -0.2) is 9.59 Å². The fraction of sp³-hybridized carbons (Fsp3) is 0.125. The summed E-state index contributed by atoms with van der Waals surface area (Å²) in [6, 6.07) is 10.6. The molecule has 1 aromatic heterocycles. The predicted molar refractivity (Wildman–Crippen MR) is 97.1 cm³/mol. The monoisotopic (exact) mass is 345 g/mol. The van der Waals surface area contributed by atoms with Gasteiger partial charge >= 0.3 is 11.7 Å². The van der Waals surface area contributed by atoms with Crippen molar-refractivity contribution in [1.82, 2.24) is 9.97 Å². The van der Waals surface area contributed by atoms with Gasteiger partial charge in [0.2, 0.25) is 0 Å². The molecule has 0 unspecified atom stereocenters. The van der Waals surface area contributed by atoms with E-state index in [1.54, 1.807) is 29.2 Å². The van der Waals surface area contributed by atoms with Crippen LogP contribution >= 0.6 is 12.4 Å². The third kappa shape index (κ3) is 2.69. The molecule has 2 amide bonds. The van der Waals surface area contributed by atoms with E-state index < -0.39 is 0 Å². The standard InChI is InChI=1S/C16H15N5O2.ClH/c17-10-1-4-14-9(7-10)5-6-21(14)16(23)18-11-2-3-12-13(8-11)20-15(22)19-12;/h1-4,7-8H,5-6,17H2,(H,18,23)(H2,19,20,22);1H. The number of benzene rings is 2. The van der Waals surface area contributed by atoms with Gasteiger partial charge in [-0.05, 0) is 48.4 Å². The van der Waals surface area contributed by atoms with Crippen molar-refractivity contribution in [2.75, 3.05) is 22.5 Å². The molecule has 24 heavy (non-hydrogen) atoms. The number of aromatic nitrogens is 2. The molecule has 2 aromatic carbocycles. The maximum atomic E-state index is 12.5. The van der Waals surface area contributed by atoms with Gasteiger partial charge in [-0.2, -0.15) is 0 Å². The summed E-state index contributed by atoms with van der Waals surface area (Å²) in [4.78, 5) is 30.8. The molecule has 0 aliphatic carbocycles. The van der Waals surface area contributed by atoms with Crippen molar-refractivity contribution in [2.45, 2.75) is 6.42 Å².